The zero-order valence-corrected chi connectivity index (χ0v) is 11.2. The average Bonchev–Trinajstić information content (AvgIpc) is 2.80. The molecule has 3 aromatic rings. The van der Waals surface area contributed by atoms with Crippen molar-refractivity contribution in [2.75, 3.05) is 0 Å². The zero-order chi connectivity index (χ0) is 12.4. The van der Waals surface area contributed by atoms with Crippen molar-refractivity contribution in [3.8, 4) is 5.75 Å². The van der Waals surface area contributed by atoms with Crippen LogP contribution in [-0.4, -0.2) is 9.61 Å². The fourth-order valence-corrected chi connectivity index (χ4v) is 2.11. The molecule has 0 N–H and O–H groups in total. The summed E-state index contributed by atoms with van der Waals surface area (Å²) in [5, 5.41) is 4.25. The van der Waals surface area contributed by atoms with E-state index in [9.17, 15) is 0 Å². The molecule has 0 aliphatic carbocycles. The van der Waals surface area contributed by atoms with Gasteiger partial charge >= 0.3 is 0 Å². The van der Waals surface area contributed by atoms with E-state index in [0.717, 1.165) is 21.3 Å². The lowest BCUT2D eigenvalue weighted by Gasteiger charge is -2.04. The Hall–Kier alpha value is -1.81. The number of halogens is 1. The van der Waals surface area contributed by atoms with E-state index in [1.54, 1.807) is 10.7 Å². The molecule has 2 aromatic heterocycles. The molecule has 0 radical (unpaired) electrons. The Morgan fingerprint density at radius 2 is 1.94 bits per heavy atom. The van der Waals surface area contributed by atoms with Crippen LogP contribution in [0.1, 0.15) is 5.56 Å². The smallest absolute Gasteiger partial charge is 0.165 e. The summed E-state index contributed by atoms with van der Waals surface area (Å²) in [7, 11) is 0. The molecular formula is C14H11BrN2O. The minimum atomic E-state index is 0.554. The molecule has 0 unspecified atom stereocenters. The lowest BCUT2D eigenvalue weighted by atomic mass is 10.2. The Balaban J connectivity index is 1.83. The average molecular weight is 303 g/mol. The van der Waals surface area contributed by atoms with Crippen LogP contribution in [0.15, 0.2) is 59.3 Å². The van der Waals surface area contributed by atoms with Gasteiger partial charge in [0.15, 0.2) is 5.75 Å². The van der Waals surface area contributed by atoms with Gasteiger partial charge in [-0.3, -0.25) is 0 Å². The SMILES string of the molecule is Brc1ccc2c(OCc3ccccc3)cnn2c1. The molecule has 0 saturated carbocycles. The van der Waals surface area contributed by atoms with Crippen LogP contribution >= 0.6 is 15.9 Å². The maximum absolute atomic E-state index is 5.79. The molecule has 0 amide bonds. The van der Waals surface area contributed by atoms with Crippen molar-refractivity contribution in [1.82, 2.24) is 9.61 Å². The van der Waals surface area contributed by atoms with Crippen molar-refractivity contribution in [3.63, 3.8) is 0 Å². The van der Waals surface area contributed by atoms with Gasteiger partial charge in [-0.25, -0.2) is 4.52 Å². The molecule has 1 aromatic carbocycles. The van der Waals surface area contributed by atoms with E-state index in [4.69, 9.17) is 4.74 Å². The van der Waals surface area contributed by atoms with Gasteiger partial charge in [-0.15, -0.1) is 0 Å². The van der Waals surface area contributed by atoms with Gasteiger partial charge in [0.05, 0.1) is 6.20 Å². The highest BCUT2D eigenvalue weighted by Gasteiger charge is 2.05. The topological polar surface area (TPSA) is 26.5 Å². The lowest BCUT2D eigenvalue weighted by Crippen LogP contribution is -1.94. The minimum Gasteiger partial charge on any atom is -0.485 e. The van der Waals surface area contributed by atoms with Crippen LogP contribution in [0.2, 0.25) is 0 Å². The third kappa shape index (κ3) is 2.24. The van der Waals surface area contributed by atoms with Crippen LogP contribution in [0.25, 0.3) is 5.52 Å². The van der Waals surface area contributed by atoms with Gasteiger partial charge in [0.2, 0.25) is 0 Å². The number of hydrogen-bond donors (Lipinski definition) is 0. The van der Waals surface area contributed by atoms with E-state index in [1.165, 1.54) is 0 Å². The molecular weight excluding hydrogens is 292 g/mol. The largest absolute Gasteiger partial charge is 0.485 e. The van der Waals surface area contributed by atoms with Crippen molar-refractivity contribution in [3.05, 3.63) is 64.9 Å². The van der Waals surface area contributed by atoms with Crippen LogP contribution in [0.3, 0.4) is 0 Å². The maximum atomic E-state index is 5.79. The molecule has 0 fully saturated rings. The highest BCUT2D eigenvalue weighted by Crippen LogP contribution is 2.22. The van der Waals surface area contributed by atoms with Crippen molar-refractivity contribution >= 4 is 21.4 Å². The minimum absolute atomic E-state index is 0.554. The molecule has 0 aliphatic heterocycles. The number of hydrogen-bond acceptors (Lipinski definition) is 2. The second-order valence-corrected chi connectivity index (χ2v) is 4.88. The van der Waals surface area contributed by atoms with Crippen LogP contribution in [0, 0.1) is 0 Å². The predicted octanol–water partition coefficient (Wildman–Crippen LogP) is 3.68. The number of rotatable bonds is 3. The third-order valence-electron chi connectivity index (χ3n) is 2.68. The summed E-state index contributed by atoms with van der Waals surface area (Å²) in [5.74, 6) is 0.798. The zero-order valence-electron chi connectivity index (χ0n) is 9.58. The predicted molar refractivity (Wildman–Crippen MR) is 73.7 cm³/mol. The number of benzene rings is 1. The quantitative estimate of drug-likeness (QED) is 0.738. The number of pyridine rings is 1. The molecule has 18 heavy (non-hydrogen) atoms. The molecule has 4 heteroatoms. The van der Waals surface area contributed by atoms with Gasteiger partial charge < -0.3 is 4.74 Å². The summed E-state index contributed by atoms with van der Waals surface area (Å²) in [6, 6.07) is 14.1. The number of aromatic nitrogens is 2. The van der Waals surface area contributed by atoms with Crippen LogP contribution in [0.4, 0.5) is 0 Å². The fourth-order valence-electron chi connectivity index (χ4n) is 1.78. The van der Waals surface area contributed by atoms with Gasteiger partial charge in [-0.1, -0.05) is 30.3 Å². The highest BCUT2D eigenvalue weighted by atomic mass is 79.9. The maximum Gasteiger partial charge on any atom is 0.165 e. The third-order valence-corrected chi connectivity index (χ3v) is 3.15. The second-order valence-electron chi connectivity index (χ2n) is 3.96. The first-order valence-electron chi connectivity index (χ1n) is 5.62. The van der Waals surface area contributed by atoms with Crippen molar-refractivity contribution in [2.24, 2.45) is 0 Å². The molecule has 90 valence electrons. The normalized spacial score (nSPS) is 10.7. The first-order valence-corrected chi connectivity index (χ1v) is 6.42. The van der Waals surface area contributed by atoms with Crippen LogP contribution < -0.4 is 4.74 Å². The summed E-state index contributed by atoms with van der Waals surface area (Å²) >= 11 is 3.42. The van der Waals surface area contributed by atoms with Crippen LogP contribution in [-0.2, 0) is 6.61 Å². The molecule has 3 rings (SSSR count). The first kappa shape index (κ1) is 11.3. The second kappa shape index (κ2) is 4.82. The molecule has 3 nitrogen and oxygen atoms in total. The van der Waals surface area contributed by atoms with E-state index in [1.807, 2.05) is 48.7 Å². The van der Waals surface area contributed by atoms with E-state index in [2.05, 4.69) is 21.0 Å². The van der Waals surface area contributed by atoms with Gasteiger partial charge in [-0.05, 0) is 33.6 Å². The lowest BCUT2D eigenvalue weighted by molar-refractivity contribution is 0.310. The Morgan fingerprint density at radius 1 is 1.11 bits per heavy atom. The van der Waals surface area contributed by atoms with Gasteiger partial charge in [0, 0.05) is 10.7 Å². The van der Waals surface area contributed by atoms with Crippen molar-refractivity contribution in [1.29, 1.82) is 0 Å². The summed E-state index contributed by atoms with van der Waals surface area (Å²) < 4.78 is 8.58. The summed E-state index contributed by atoms with van der Waals surface area (Å²) in [6.45, 7) is 0.554. The molecule has 0 aliphatic rings. The van der Waals surface area contributed by atoms with Crippen molar-refractivity contribution < 1.29 is 4.74 Å². The Kier molecular flexibility index (Phi) is 3.02. The monoisotopic (exact) mass is 302 g/mol. The van der Waals surface area contributed by atoms with Gasteiger partial charge in [0.1, 0.15) is 12.1 Å². The summed E-state index contributed by atoms with van der Waals surface area (Å²) in [6.07, 6.45) is 3.65. The van der Waals surface area contributed by atoms with E-state index in [0.29, 0.717) is 6.61 Å². The van der Waals surface area contributed by atoms with E-state index >= 15 is 0 Å². The standard InChI is InChI=1S/C14H11BrN2O/c15-12-6-7-13-14(8-16-17(13)9-12)18-10-11-4-2-1-3-5-11/h1-9H,10H2. The molecule has 2 heterocycles. The summed E-state index contributed by atoms with van der Waals surface area (Å²) in [5.41, 5.74) is 2.11. The first-order chi connectivity index (χ1) is 8.83. The Bertz CT molecular complexity index is 664. The molecule has 0 atom stereocenters. The molecule has 0 bridgehead atoms. The van der Waals surface area contributed by atoms with Gasteiger partial charge in [0.25, 0.3) is 0 Å². The Labute approximate surface area is 113 Å². The summed E-state index contributed by atoms with van der Waals surface area (Å²) in [4.78, 5) is 0. The van der Waals surface area contributed by atoms with E-state index in [-0.39, 0.29) is 0 Å². The number of nitrogens with zero attached hydrogens (tertiary/aromatic N) is 2. The Morgan fingerprint density at radius 3 is 2.78 bits per heavy atom. The number of fused-ring (bicyclic) bond motifs is 1. The van der Waals surface area contributed by atoms with E-state index < -0.39 is 0 Å². The van der Waals surface area contributed by atoms with Crippen LogP contribution in [0.5, 0.6) is 5.75 Å². The molecule has 0 spiro atoms. The highest BCUT2D eigenvalue weighted by molar-refractivity contribution is 9.10. The fraction of sp³-hybridized carbons (Fsp3) is 0.0714. The number of ether oxygens (including phenoxy) is 1. The van der Waals surface area contributed by atoms with Crippen molar-refractivity contribution in [2.45, 2.75) is 6.61 Å². The molecule has 0 saturated heterocycles. The van der Waals surface area contributed by atoms with Gasteiger partial charge in [-0.2, -0.15) is 5.10 Å².